The van der Waals surface area contributed by atoms with Crippen molar-refractivity contribution in [2.75, 3.05) is 18.4 Å². The van der Waals surface area contributed by atoms with Gasteiger partial charge in [-0.25, -0.2) is 0 Å². The Bertz CT molecular complexity index is 1240. The Kier molecular flexibility index (Phi) is 4.27. The Hall–Kier alpha value is -3.38. The summed E-state index contributed by atoms with van der Waals surface area (Å²) in [5.41, 5.74) is 3.48. The molecule has 3 unspecified atom stereocenters. The lowest BCUT2D eigenvalue weighted by atomic mass is 9.77. The fourth-order valence-corrected chi connectivity index (χ4v) is 5.52. The predicted octanol–water partition coefficient (Wildman–Crippen LogP) is 3.44. The third-order valence-electron chi connectivity index (χ3n) is 7.13. The molecule has 6 nitrogen and oxygen atoms in total. The molecule has 0 aliphatic carbocycles. The maximum Gasteiger partial charge on any atom is 0.231 e. The van der Waals surface area contributed by atoms with Gasteiger partial charge in [-0.05, 0) is 37.1 Å². The molecule has 0 saturated carbocycles. The summed E-state index contributed by atoms with van der Waals surface area (Å²) >= 11 is 0. The number of ether oxygens (including phenoxy) is 1. The number of rotatable bonds is 5. The molecular formula is C26H25N3O3. The van der Waals surface area contributed by atoms with Crippen LogP contribution in [0.25, 0.3) is 10.9 Å². The van der Waals surface area contributed by atoms with Crippen LogP contribution in [0, 0.1) is 18.8 Å². The van der Waals surface area contributed by atoms with Gasteiger partial charge in [-0.1, -0.05) is 48.0 Å². The number of hydrogen-bond acceptors (Lipinski definition) is 3. The molecule has 3 aliphatic rings. The number of amides is 2. The lowest BCUT2D eigenvalue weighted by Gasteiger charge is -2.23. The third-order valence-corrected chi connectivity index (χ3v) is 7.13. The number of nitrogens with zero attached hydrogens (tertiary/aromatic N) is 1. The molecule has 6 rings (SSSR count). The molecule has 4 heterocycles. The fourth-order valence-electron chi connectivity index (χ4n) is 5.52. The molecule has 3 aromatic rings. The first-order valence-electron chi connectivity index (χ1n) is 11.1. The van der Waals surface area contributed by atoms with Gasteiger partial charge >= 0.3 is 0 Å². The van der Waals surface area contributed by atoms with Crippen molar-refractivity contribution < 1.29 is 14.3 Å². The molecule has 3 aliphatic heterocycles. The number of carbonyl (C=O) groups is 2. The van der Waals surface area contributed by atoms with E-state index in [0.29, 0.717) is 13.1 Å². The van der Waals surface area contributed by atoms with Crippen LogP contribution in [0.15, 0.2) is 66.9 Å². The maximum atomic E-state index is 13.4. The second-order valence-electron chi connectivity index (χ2n) is 9.12. The van der Waals surface area contributed by atoms with Crippen molar-refractivity contribution >= 4 is 28.4 Å². The van der Waals surface area contributed by atoms with Crippen LogP contribution < -0.4 is 5.32 Å². The van der Waals surface area contributed by atoms with Gasteiger partial charge < -0.3 is 19.9 Å². The van der Waals surface area contributed by atoms with Crippen molar-refractivity contribution in [2.45, 2.75) is 25.0 Å². The van der Waals surface area contributed by atoms with Crippen LogP contribution in [-0.4, -0.2) is 46.5 Å². The molecule has 0 radical (unpaired) electrons. The van der Waals surface area contributed by atoms with Gasteiger partial charge in [-0.15, -0.1) is 0 Å². The molecule has 2 fully saturated rings. The highest BCUT2D eigenvalue weighted by Gasteiger charge is 2.66. The summed E-state index contributed by atoms with van der Waals surface area (Å²) in [5, 5.41) is 4.17. The van der Waals surface area contributed by atoms with E-state index < -0.39 is 17.4 Å². The molecule has 6 heteroatoms. The summed E-state index contributed by atoms with van der Waals surface area (Å²) in [4.78, 5) is 31.8. The minimum atomic E-state index is -0.683. The Morgan fingerprint density at radius 2 is 2.03 bits per heavy atom. The summed E-state index contributed by atoms with van der Waals surface area (Å²) in [7, 11) is 0. The molecule has 1 aromatic heterocycles. The Morgan fingerprint density at radius 1 is 1.22 bits per heavy atom. The number of aryl methyl sites for hydroxylation is 1. The Balaban J connectivity index is 1.20. The first kappa shape index (κ1) is 19.3. The van der Waals surface area contributed by atoms with Crippen LogP contribution in [0.4, 0.5) is 5.69 Å². The maximum absolute atomic E-state index is 13.4. The average molecular weight is 428 g/mol. The molecule has 2 aromatic carbocycles. The summed E-state index contributed by atoms with van der Waals surface area (Å²) < 4.78 is 6.24. The number of benzene rings is 2. The second-order valence-corrected chi connectivity index (χ2v) is 9.12. The van der Waals surface area contributed by atoms with E-state index >= 15 is 0 Å². The van der Waals surface area contributed by atoms with E-state index in [1.807, 2.05) is 66.6 Å². The zero-order valence-electron chi connectivity index (χ0n) is 17.9. The fraction of sp³-hybridized carbons (Fsp3) is 0.308. The van der Waals surface area contributed by atoms with E-state index in [4.69, 9.17) is 4.74 Å². The van der Waals surface area contributed by atoms with Gasteiger partial charge in [0.05, 0.1) is 24.5 Å². The smallest absolute Gasteiger partial charge is 0.231 e. The Labute approximate surface area is 186 Å². The highest BCUT2D eigenvalue weighted by molar-refractivity contribution is 5.99. The van der Waals surface area contributed by atoms with Gasteiger partial charge in [0.25, 0.3) is 0 Å². The first-order chi connectivity index (χ1) is 15.5. The van der Waals surface area contributed by atoms with E-state index in [0.717, 1.165) is 23.2 Å². The standard InChI is InChI=1S/C26H25N3O3/c1-16-6-8-18(9-7-16)28-24(30)22-21-10-12-26(32-21)15-29(25(31)23(22)26)13-11-17-14-27-20-5-3-2-4-19(17)20/h2-10,12,14,21-23,27H,11,13,15H2,1H3,(H,28,30)/t21-,22?,23?,26?/m1/s1. The van der Waals surface area contributed by atoms with Crippen molar-refractivity contribution in [3.8, 4) is 0 Å². The van der Waals surface area contributed by atoms with Crippen molar-refractivity contribution in [3.63, 3.8) is 0 Å². The molecule has 2 amide bonds. The summed E-state index contributed by atoms with van der Waals surface area (Å²) in [6.07, 6.45) is 6.38. The van der Waals surface area contributed by atoms with Crippen LogP contribution in [-0.2, 0) is 20.7 Å². The lowest BCUT2D eigenvalue weighted by molar-refractivity contribution is -0.135. The van der Waals surface area contributed by atoms with E-state index in [1.165, 1.54) is 10.9 Å². The number of carbonyl (C=O) groups excluding carboxylic acids is 2. The van der Waals surface area contributed by atoms with Crippen molar-refractivity contribution in [3.05, 3.63) is 78.0 Å². The van der Waals surface area contributed by atoms with Crippen LogP contribution >= 0.6 is 0 Å². The monoisotopic (exact) mass is 427 g/mol. The largest absolute Gasteiger partial charge is 0.361 e. The van der Waals surface area contributed by atoms with Crippen molar-refractivity contribution in [2.24, 2.45) is 11.8 Å². The van der Waals surface area contributed by atoms with Gasteiger partial charge in [0.2, 0.25) is 11.8 Å². The summed E-state index contributed by atoms with van der Waals surface area (Å²) in [6.45, 7) is 3.11. The zero-order valence-corrected chi connectivity index (χ0v) is 17.9. The van der Waals surface area contributed by atoms with Crippen molar-refractivity contribution in [1.82, 2.24) is 9.88 Å². The van der Waals surface area contributed by atoms with E-state index in [9.17, 15) is 9.59 Å². The number of nitrogens with one attached hydrogen (secondary N) is 2. The number of H-pyrrole nitrogens is 1. The molecule has 4 atom stereocenters. The summed E-state index contributed by atoms with van der Waals surface area (Å²) in [5.74, 6) is -1.11. The molecule has 2 bridgehead atoms. The minimum Gasteiger partial charge on any atom is -0.361 e. The number of para-hydroxylation sites is 1. The van der Waals surface area contributed by atoms with Gasteiger partial charge in [0.1, 0.15) is 5.60 Å². The van der Waals surface area contributed by atoms with Crippen molar-refractivity contribution in [1.29, 1.82) is 0 Å². The van der Waals surface area contributed by atoms with Crippen LogP contribution in [0.1, 0.15) is 11.1 Å². The normalized spacial score (nSPS) is 28.0. The average Bonchev–Trinajstić information content (AvgIpc) is 3.54. The number of likely N-dealkylation sites (tertiary alicyclic amines) is 1. The van der Waals surface area contributed by atoms with Crippen LogP contribution in [0.3, 0.4) is 0 Å². The van der Waals surface area contributed by atoms with E-state index in [2.05, 4.69) is 22.4 Å². The van der Waals surface area contributed by atoms with E-state index in [-0.39, 0.29) is 17.9 Å². The molecule has 2 N–H and O–H groups in total. The number of aromatic amines is 1. The highest BCUT2D eigenvalue weighted by atomic mass is 16.5. The quantitative estimate of drug-likeness (QED) is 0.613. The van der Waals surface area contributed by atoms with Crippen LogP contribution in [0.2, 0.25) is 0 Å². The molecule has 162 valence electrons. The van der Waals surface area contributed by atoms with Gasteiger partial charge in [-0.2, -0.15) is 0 Å². The minimum absolute atomic E-state index is 0.0146. The second kappa shape index (κ2) is 7.07. The Morgan fingerprint density at radius 3 is 2.88 bits per heavy atom. The lowest BCUT2D eigenvalue weighted by Crippen LogP contribution is -2.41. The molecule has 1 spiro atoms. The topological polar surface area (TPSA) is 74.4 Å². The van der Waals surface area contributed by atoms with Gasteiger partial charge in [0, 0.05) is 29.3 Å². The number of fused-ring (bicyclic) bond motifs is 2. The van der Waals surface area contributed by atoms with Gasteiger partial charge in [0.15, 0.2) is 0 Å². The third kappa shape index (κ3) is 2.90. The van der Waals surface area contributed by atoms with Gasteiger partial charge in [-0.3, -0.25) is 9.59 Å². The summed E-state index contributed by atoms with van der Waals surface area (Å²) in [6, 6.07) is 15.9. The molecular weight excluding hydrogens is 402 g/mol. The number of aromatic nitrogens is 1. The number of hydrogen-bond donors (Lipinski definition) is 2. The SMILES string of the molecule is Cc1ccc(NC(=O)C2C3C(=O)N(CCc4c[nH]c5ccccc45)CC34C=C[C@H]2O4)cc1. The van der Waals surface area contributed by atoms with E-state index in [1.54, 1.807) is 0 Å². The number of anilines is 1. The molecule has 2 saturated heterocycles. The molecule has 32 heavy (non-hydrogen) atoms. The first-order valence-corrected chi connectivity index (χ1v) is 11.1. The zero-order chi connectivity index (χ0) is 21.9. The highest BCUT2D eigenvalue weighted by Crippen LogP contribution is 2.52. The predicted molar refractivity (Wildman–Crippen MR) is 122 cm³/mol. The van der Waals surface area contributed by atoms with Crippen LogP contribution in [0.5, 0.6) is 0 Å².